The summed E-state index contributed by atoms with van der Waals surface area (Å²) in [5.41, 5.74) is 0.935. The number of likely N-dealkylation sites (tertiary alicyclic amines) is 1. The molecule has 1 unspecified atom stereocenters. The highest BCUT2D eigenvalue weighted by molar-refractivity contribution is 5.81. The minimum absolute atomic E-state index is 0.0553. The Labute approximate surface area is 159 Å². The van der Waals surface area contributed by atoms with Gasteiger partial charge in [0.25, 0.3) is 0 Å². The molecule has 1 atom stereocenters. The maximum Gasteiger partial charge on any atom is 0.223 e. The summed E-state index contributed by atoms with van der Waals surface area (Å²) in [6.45, 7) is 2.81. The van der Waals surface area contributed by atoms with E-state index in [2.05, 4.69) is 16.3 Å². The number of carbonyl (C=O) groups excluding carboxylic acids is 1. The van der Waals surface area contributed by atoms with Crippen LogP contribution in [-0.4, -0.2) is 29.5 Å². The number of piperidine rings is 1. The molecular formula is C22H26N2O3. The zero-order valence-electron chi connectivity index (χ0n) is 15.5. The Morgan fingerprint density at radius 1 is 1.15 bits per heavy atom. The molecule has 1 N–H and O–H groups in total. The zero-order chi connectivity index (χ0) is 18.3. The van der Waals surface area contributed by atoms with Crippen LogP contribution in [0.3, 0.4) is 0 Å². The van der Waals surface area contributed by atoms with Crippen molar-refractivity contribution < 1.29 is 13.9 Å². The maximum atomic E-state index is 12.4. The molecule has 2 aliphatic heterocycles. The van der Waals surface area contributed by atoms with Crippen molar-refractivity contribution in [1.82, 2.24) is 10.2 Å². The van der Waals surface area contributed by atoms with E-state index < -0.39 is 0 Å². The lowest BCUT2D eigenvalue weighted by atomic mass is 9.80. The summed E-state index contributed by atoms with van der Waals surface area (Å²) in [6.07, 6.45) is 6.59. The minimum Gasteiger partial charge on any atom is -0.487 e. The van der Waals surface area contributed by atoms with Crippen molar-refractivity contribution in [2.24, 2.45) is 5.92 Å². The Morgan fingerprint density at radius 3 is 2.70 bits per heavy atom. The standard InChI is InChI=1S/C22H26N2O3/c25-21(16-7-8-16)23-19-14-22(27-20-6-2-1-5-18(19)20)9-11-24(12-10-22)15-17-4-3-13-26-17/h1-6,13,16,19H,7-12,14-15H2,(H,23,25). The van der Waals surface area contributed by atoms with Crippen LogP contribution in [0.15, 0.2) is 47.1 Å². The van der Waals surface area contributed by atoms with Gasteiger partial charge >= 0.3 is 0 Å². The number of ether oxygens (including phenoxy) is 1. The fourth-order valence-electron chi connectivity index (χ4n) is 4.43. The molecule has 5 nitrogen and oxygen atoms in total. The second-order valence-electron chi connectivity index (χ2n) is 8.22. The van der Waals surface area contributed by atoms with Crippen molar-refractivity contribution in [3.8, 4) is 5.75 Å². The molecule has 2 aromatic rings. The summed E-state index contributed by atoms with van der Waals surface area (Å²) in [7, 11) is 0. The summed E-state index contributed by atoms with van der Waals surface area (Å²) >= 11 is 0. The molecule has 1 aromatic carbocycles. The number of carbonyl (C=O) groups is 1. The van der Waals surface area contributed by atoms with Crippen LogP contribution in [0.25, 0.3) is 0 Å². The van der Waals surface area contributed by atoms with Gasteiger partial charge in [0, 0.05) is 31.0 Å². The number of nitrogens with one attached hydrogen (secondary N) is 1. The number of nitrogens with zero attached hydrogens (tertiary/aromatic N) is 1. The first-order valence-corrected chi connectivity index (χ1v) is 10.0. The van der Waals surface area contributed by atoms with Gasteiger partial charge in [-0.3, -0.25) is 9.69 Å². The first kappa shape index (κ1) is 16.9. The van der Waals surface area contributed by atoms with E-state index in [-0.39, 0.29) is 23.5 Å². The molecule has 1 aliphatic carbocycles. The van der Waals surface area contributed by atoms with Crippen molar-refractivity contribution in [3.63, 3.8) is 0 Å². The average Bonchev–Trinajstić information content (AvgIpc) is 3.42. The minimum atomic E-state index is -0.185. The number of para-hydroxylation sites is 1. The van der Waals surface area contributed by atoms with Crippen molar-refractivity contribution in [3.05, 3.63) is 54.0 Å². The van der Waals surface area contributed by atoms with Gasteiger partial charge in [0.1, 0.15) is 17.1 Å². The predicted molar refractivity (Wildman–Crippen MR) is 101 cm³/mol. The van der Waals surface area contributed by atoms with E-state index in [0.29, 0.717) is 0 Å². The Bertz CT molecular complexity index is 805. The first-order chi connectivity index (χ1) is 13.2. The van der Waals surface area contributed by atoms with Crippen LogP contribution < -0.4 is 10.1 Å². The molecule has 1 saturated heterocycles. The van der Waals surface area contributed by atoms with Crippen molar-refractivity contribution in [1.29, 1.82) is 0 Å². The molecule has 1 aromatic heterocycles. The van der Waals surface area contributed by atoms with Gasteiger partial charge < -0.3 is 14.5 Å². The second-order valence-corrected chi connectivity index (χ2v) is 8.22. The Morgan fingerprint density at radius 2 is 1.96 bits per heavy atom. The molecule has 27 heavy (non-hydrogen) atoms. The molecule has 5 heteroatoms. The number of fused-ring (bicyclic) bond motifs is 1. The van der Waals surface area contributed by atoms with Gasteiger partial charge in [-0.25, -0.2) is 0 Å². The molecule has 5 rings (SSSR count). The van der Waals surface area contributed by atoms with E-state index in [9.17, 15) is 4.79 Å². The Hall–Kier alpha value is -2.27. The number of furan rings is 1. The summed E-state index contributed by atoms with van der Waals surface area (Å²) in [5, 5.41) is 3.31. The third-order valence-corrected chi connectivity index (χ3v) is 6.19. The van der Waals surface area contributed by atoms with Gasteiger partial charge in [0.2, 0.25) is 5.91 Å². The zero-order valence-corrected chi connectivity index (χ0v) is 15.5. The molecule has 0 bridgehead atoms. The van der Waals surface area contributed by atoms with Crippen LogP contribution >= 0.6 is 0 Å². The summed E-state index contributed by atoms with van der Waals surface area (Å²) in [4.78, 5) is 14.8. The lowest BCUT2D eigenvalue weighted by Crippen LogP contribution is -2.52. The molecule has 1 saturated carbocycles. The van der Waals surface area contributed by atoms with Gasteiger partial charge in [0.05, 0.1) is 18.8 Å². The Kier molecular flexibility index (Phi) is 4.20. The first-order valence-electron chi connectivity index (χ1n) is 10.0. The molecule has 1 amide bonds. The molecular weight excluding hydrogens is 340 g/mol. The van der Waals surface area contributed by atoms with Gasteiger partial charge in [0.15, 0.2) is 0 Å². The highest BCUT2D eigenvalue weighted by Gasteiger charge is 2.44. The highest BCUT2D eigenvalue weighted by Crippen LogP contribution is 2.45. The molecule has 3 heterocycles. The molecule has 142 valence electrons. The summed E-state index contributed by atoms with van der Waals surface area (Å²) in [6, 6.07) is 12.2. The largest absolute Gasteiger partial charge is 0.487 e. The van der Waals surface area contributed by atoms with Gasteiger partial charge in [-0.1, -0.05) is 18.2 Å². The third kappa shape index (κ3) is 3.48. The second kappa shape index (κ2) is 6.71. The van der Waals surface area contributed by atoms with Crippen molar-refractivity contribution in [2.75, 3.05) is 13.1 Å². The molecule has 1 spiro atoms. The van der Waals surface area contributed by atoms with Crippen LogP contribution in [-0.2, 0) is 11.3 Å². The van der Waals surface area contributed by atoms with Gasteiger partial charge in [-0.05, 0) is 43.9 Å². The quantitative estimate of drug-likeness (QED) is 0.897. The summed E-state index contributed by atoms with van der Waals surface area (Å²) in [5.74, 6) is 2.38. The predicted octanol–water partition coefficient (Wildman–Crippen LogP) is 3.66. The number of benzene rings is 1. The fourth-order valence-corrected chi connectivity index (χ4v) is 4.43. The van der Waals surface area contributed by atoms with E-state index in [4.69, 9.17) is 9.15 Å². The highest BCUT2D eigenvalue weighted by atomic mass is 16.5. The van der Waals surface area contributed by atoms with Crippen LogP contribution in [0, 0.1) is 5.92 Å². The third-order valence-electron chi connectivity index (χ3n) is 6.19. The van der Waals surface area contributed by atoms with E-state index >= 15 is 0 Å². The summed E-state index contributed by atoms with van der Waals surface area (Å²) < 4.78 is 12.0. The fraction of sp³-hybridized carbons (Fsp3) is 0.500. The van der Waals surface area contributed by atoms with E-state index in [1.54, 1.807) is 6.26 Å². The Balaban J connectivity index is 1.31. The lowest BCUT2D eigenvalue weighted by molar-refractivity contribution is -0.124. The van der Waals surface area contributed by atoms with Crippen LogP contribution in [0.1, 0.15) is 49.5 Å². The number of hydrogen-bond donors (Lipinski definition) is 1. The molecule has 2 fully saturated rings. The van der Waals surface area contributed by atoms with E-state index in [1.807, 2.05) is 30.3 Å². The van der Waals surface area contributed by atoms with Gasteiger partial charge in [-0.15, -0.1) is 0 Å². The van der Waals surface area contributed by atoms with Crippen LogP contribution in [0.5, 0.6) is 5.75 Å². The normalized spacial score (nSPS) is 24.2. The smallest absolute Gasteiger partial charge is 0.223 e. The number of rotatable bonds is 4. The van der Waals surface area contributed by atoms with Crippen LogP contribution in [0.4, 0.5) is 0 Å². The maximum absolute atomic E-state index is 12.4. The number of amides is 1. The molecule has 3 aliphatic rings. The van der Waals surface area contributed by atoms with E-state index in [1.165, 1.54) is 0 Å². The number of hydrogen-bond acceptors (Lipinski definition) is 4. The van der Waals surface area contributed by atoms with E-state index in [0.717, 1.165) is 68.8 Å². The van der Waals surface area contributed by atoms with Crippen molar-refractivity contribution >= 4 is 5.91 Å². The monoisotopic (exact) mass is 366 g/mol. The topological polar surface area (TPSA) is 54.7 Å². The SMILES string of the molecule is O=C(NC1CC2(CCN(Cc3ccco3)CC2)Oc2ccccc21)C1CC1. The lowest BCUT2D eigenvalue weighted by Gasteiger charge is -2.47. The van der Waals surface area contributed by atoms with Crippen molar-refractivity contribution in [2.45, 2.75) is 50.3 Å². The van der Waals surface area contributed by atoms with Gasteiger partial charge in [-0.2, -0.15) is 0 Å². The molecule has 0 radical (unpaired) electrons. The average molecular weight is 366 g/mol. The van der Waals surface area contributed by atoms with Crippen LogP contribution in [0.2, 0.25) is 0 Å².